The Morgan fingerprint density at radius 1 is 0.974 bits per heavy atom. The van der Waals surface area contributed by atoms with E-state index in [2.05, 4.69) is 36.0 Å². The summed E-state index contributed by atoms with van der Waals surface area (Å²) in [5, 5.41) is 24.2. The van der Waals surface area contributed by atoms with Crippen molar-refractivity contribution < 1.29 is 19.8 Å². The molecular weight excluding hydrogens is 476 g/mol. The number of Topliss-reactive ketones (excluding diaryl/α,β-unsaturated/α-hetero) is 2. The SMILES string of the molecule is C=CC(C)(C)c1[nH]c2ccccc2c1C1=C(O)C(=O)C(c2cn3c4c(cccc24)CCC3(C)C)=C(O)C1=O. The summed E-state index contributed by atoms with van der Waals surface area (Å²) in [4.78, 5) is 31.1. The molecule has 192 valence electrons. The molecule has 0 fully saturated rings. The van der Waals surface area contributed by atoms with Crippen molar-refractivity contribution in [1.29, 1.82) is 0 Å². The molecule has 2 aromatic heterocycles. The number of nitrogens with zero attached hydrogens (tertiary/aromatic N) is 1. The lowest BCUT2D eigenvalue weighted by Gasteiger charge is -2.33. The van der Waals surface area contributed by atoms with Crippen LogP contribution in [-0.2, 0) is 27.0 Å². The lowest BCUT2D eigenvalue weighted by Crippen LogP contribution is -2.29. The number of aliphatic hydroxyl groups excluding tert-OH is 2. The Labute approximate surface area is 220 Å². The molecule has 6 nitrogen and oxygen atoms in total. The highest BCUT2D eigenvalue weighted by Crippen LogP contribution is 2.45. The number of aromatic nitrogens is 2. The fraction of sp³-hybridized carbons (Fsp3) is 0.250. The van der Waals surface area contributed by atoms with Crippen LogP contribution in [0.1, 0.15) is 56.5 Å². The molecule has 0 saturated carbocycles. The van der Waals surface area contributed by atoms with Crippen LogP contribution in [0.5, 0.6) is 0 Å². The summed E-state index contributed by atoms with van der Waals surface area (Å²) in [6, 6.07) is 13.3. The van der Waals surface area contributed by atoms with Gasteiger partial charge in [0.2, 0.25) is 11.6 Å². The quantitative estimate of drug-likeness (QED) is 0.213. The van der Waals surface area contributed by atoms with Gasteiger partial charge in [-0.2, -0.15) is 0 Å². The summed E-state index contributed by atoms with van der Waals surface area (Å²) in [6.07, 6.45) is 5.39. The van der Waals surface area contributed by atoms with Gasteiger partial charge in [0.05, 0.1) is 16.7 Å². The summed E-state index contributed by atoms with van der Waals surface area (Å²) in [5.74, 6) is -2.88. The first-order chi connectivity index (χ1) is 18.0. The van der Waals surface area contributed by atoms with E-state index in [1.165, 1.54) is 0 Å². The lowest BCUT2D eigenvalue weighted by atomic mass is 9.80. The number of para-hydroxylation sites is 2. The Kier molecular flexibility index (Phi) is 4.96. The van der Waals surface area contributed by atoms with Gasteiger partial charge >= 0.3 is 0 Å². The lowest BCUT2D eigenvalue weighted by molar-refractivity contribution is -0.116. The summed E-state index contributed by atoms with van der Waals surface area (Å²) in [7, 11) is 0. The van der Waals surface area contributed by atoms with Crippen molar-refractivity contribution in [2.24, 2.45) is 0 Å². The summed E-state index contributed by atoms with van der Waals surface area (Å²) in [5.41, 5.74) is 3.17. The number of carbonyl (C=O) groups excluding carboxylic acids is 2. The maximum Gasteiger partial charge on any atom is 0.232 e. The van der Waals surface area contributed by atoms with E-state index in [-0.39, 0.29) is 16.7 Å². The maximum atomic E-state index is 13.9. The van der Waals surface area contributed by atoms with Crippen LogP contribution in [-0.4, -0.2) is 31.3 Å². The van der Waals surface area contributed by atoms with Gasteiger partial charge in [-0.3, -0.25) is 9.59 Å². The standard InChI is InChI=1S/C32H30N2O4/c1-6-31(2,3)30-22(19-11-7-8-13-21(19)33-30)24-28(37)26(35)23(27(36)29(24)38)20-16-34-25-17(10-9-12-18(20)25)14-15-32(34,4)5/h6-13,16,33,35,38H,1,14-15H2,2-5H3. The zero-order valence-electron chi connectivity index (χ0n) is 22.0. The number of H-pyrrole nitrogens is 1. The maximum absolute atomic E-state index is 13.9. The fourth-order valence-electron chi connectivity index (χ4n) is 5.94. The Hall–Kier alpha value is -4.32. The van der Waals surface area contributed by atoms with Crippen LogP contribution in [0.4, 0.5) is 0 Å². The second-order valence-corrected chi connectivity index (χ2v) is 11.5. The van der Waals surface area contributed by atoms with Crippen LogP contribution >= 0.6 is 0 Å². The van der Waals surface area contributed by atoms with Gasteiger partial charge < -0.3 is 19.8 Å². The normalized spacial score (nSPS) is 17.7. The van der Waals surface area contributed by atoms with Crippen molar-refractivity contribution in [3.63, 3.8) is 0 Å². The Balaban J connectivity index is 1.60. The molecule has 2 aliphatic rings. The molecule has 6 heteroatoms. The molecule has 38 heavy (non-hydrogen) atoms. The van der Waals surface area contributed by atoms with Crippen LogP contribution in [0.3, 0.4) is 0 Å². The first-order valence-corrected chi connectivity index (χ1v) is 12.8. The fourth-order valence-corrected chi connectivity index (χ4v) is 5.94. The minimum atomic E-state index is -0.783. The van der Waals surface area contributed by atoms with E-state index in [1.807, 2.05) is 56.4 Å². The second-order valence-electron chi connectivity index (χ2n) is 11.5. The van der Waals surface area contributed by atoms with Gasteiger partial charge in [0.25, 0.3) is 0 Å². The Bertz CT molecular complexity index is 1790. The van der Waals surface area contributed by atoms with Crippen LogP contribution in [0, 0.1) is 0 Å². The molecule has 0 bridgehead atoms. The van der Waals surface area contributed by atoms with Gasteiger partial charge in [0.1, 0.15) is 0 Å². The first-order valence-electron chi connectivity index (χ1n) is 12.8. The molecule has 0 atom stereocenters. The van der Waals surface area contributed by atoms with Crippen molar-refractivity contribution in [3.05, 3.63) is 95.2 Å². The molecule has 1 aliphatic carbocycles. The third-order valence-electron chi connectivity index (χ3n) is 8.31. The number of aromatic amines is 1. The predicted octanol–water partition coefficient (Wildman–Crippen LogP) is 6.66. The summed E-state index contributed by atoms with van der Waals surface area (Å²) < 4.78 is 2.12. The number of hydrogen-bond donors (Lipinski definition) is 3. The number of fused-ring (bicyclic) bond motifs is 1. The minimum absolute atomic E-state index is 0.167. The number of allylic oxidation sites excluding steroid dienone is 3. The van der Waals surface area contributed by atoms with E-state index >= 15 is 0 Å². The number of rotatable bonds is 4. The van der Waals surface area contributed by atoms with Crippen molar-refractivity contribution >= 4 is 44.5 Å². The molecule has 0 radical (unpaired) electrons. The zero-order valence-corrected chi connectivity index (χ0v) is 22.0. The molecule has 4 aromatic rings. The molecule has 0 spiro atoms. The largest absolute Gasteiger partial charge is 0.504 e. The second kappa shape index (κ2) is 7.84. The summed E-state index contributed by atoms with van der Waals surface area (Å²) in [6.45, 7) is 12.1. The predicted molar refractivity (Wildman–Crippen MR) is 150 cm³/mol. The topological polar surface area (TPSA) is 95.3 Å². The van der Waals surface area contributed by atoms with Crippen molar-refractivity contribution in [2.45, 2.75) is 51.5 Å². The number of nitrogens with one attached hydrogen (secondary N) is 1. The van der Waals surface area contributed by atoms with Crippen LogP contribution < -0.4 is 0 Å². The monoisotopic (exact) mass is 506 g/mol. The van der Waals surface area contributed by atoms with Gasteiger partial charge in [-0.1, -0.05) is 56.3 Å². The highest BCUT2D eigenvalue weighted by atomic mass is 16.3. The van der Waals surface area contributed by atoms with Gasteiger partial charge in [0, 0.05) is 50.3 Å². The third-order valence-corrected chi connectivity index (χ3v) is 8.31. The number of benzene rings is 2. The Morgan fingerprint density at radius 2 is 1.63 bits per heavy atom. The third kappa shape index (κ3) is 3.13. The van der Waals surface area contributed by atoms with Crippen molar-refractivity contribution in [1.82, 2.24) is 9.55 Å². The van der Waals surface area contributed by atoms with Gasteiger partial charge in [-0.05, 0) is 38.3 Å². The highest BCUT2D eigenvalue weighted by molar-refractivity contribution is 6.48. The van der Waals surface area contributed by atoms with E-state index in [1.54, 1.807) is 6.08 Å². The van der Waals surface area contributed by atoms with Crippen molar-refractivity contribution in [2.75, 3.05) is 0 Å². The molecule has 0 unspecified atom stereocenters. The number of aryl methyl sites for hydroxylation is 1. The average Bonchev–Trinajstić information content (AvgIpc) is 3.47. The van der Waals surface area contributed by atoms with Gasteiger partial charge in [-0.25, -0.2) is 0 Å². The minimum Gasteiger partial charge on any atom is -0.504 e. The van der Waals surface area contributed by atoms with Crippen molar-refractivity contribution in [3.8, 4) is 0 Å². The first kappa shape index (κ1) is 24.0. The number of ketones is 2. The molecule has 3 heterocycles. The zero-order chi connectivity index (χ0) is 27.1. The molecule has 0 saturated heterocycles. The number of hydrogen-bond acceptors (Lipinski definition) is 4. The van der Waals surface area contributed by atoms with Crippen LogP contribution in [0.25, 0.3) is 33.0 Å². The molecule has 0 amide bonds. The van der Waals surface area contributed by atoms with E-state index in [0.29, 0.717) is 22.2 Å². The number of carbonyl (C=O) groups is 2. The van der Waals surface area contributed by atoms with Gasteiger partial charge in [0.15, 0.2) is 11.5 Å². The highest BCUT2D eigenvalue weighted by Gasteiger charge is 2.41. The molecule has 3 N–H and O–H groups in total. The Morgan fingerprint density at radius 3 is 2.37 bits per heavy atom. The summed E-state index contributed by atoms with van der Waals surface area (Å²) >= 11 is 0. The molecule has 1 aliphatic heterocycles. The average molecular weight is 507 g/mol. The molecular formula is C32H30N2O4. The van der Waals surface area contributed by atoms with E-state index in [0.717, 1.165) is 34.8 Å². The van der Waals surface area contributed by atoms with E-state index in [9.17, 15) is 19.8 Å². The van der Waals surface area contributed by atoms with Crippen LogP contribution in [0.15, 0.2) is 72.8 Å². The van der Waals surface area contributed by atoms with Crippen LogP contribution in [0.2, 0.25) is 0 Å². The molecule has 6 rings (SSSR count). The van der Waals surface area contributed by atoms with E-state index in [4.69, 9.17) is 0 Å². The van der Waals surface area contributed by atoms with E-state index < -0.39 is 28.5 Å². The number of aliphatic hydroxyl groups is 2. The molecule has 2 aromatic carbocycles. The van der Waals surface area contributed by atoms with Gasteiger partial charge in [-0.15, -0.1) is 6.58 Å². The smallest absolute Gasteiger partial charge is 0.232 e.